The molecule has 0 radical (unpaired) electrons. The zero-order valence-electron chi connectivity index (χ0n) is 12.8. The highest BCUT2D eigenvalue weighted by molar-refractivity contribution is 6.35. The van der Waals surface area contributed by atoms with Crippen molar-refractivity contribution in [3.05, 3.63) is 29.8 Å². The third-order valence-corrected chi connectivity index (χ3v) is 3.55. The first kappa shape index (κ1) is 16.3. The van der Waals surface area contributed by atoms with E-state index in [-0.39, 0.29) is 6.10 Å². The average Bonchev–Trinajstić information content (AvgIpc) is 3.06. The molecule has 2 rings (SSSR count). The van der Waals surface area contributed by atoms with Gasteiger partial charge in [0.15, 0.2) is 0 Å². The van der Waals surface area contributed by atoms with Crippen LogP contribution in [-0.4, -0.2) is 44.7 Å². The molecule has 22 heavy (non-hydrogen) atoms. The van der Waals surface area contributed by atoms with Crippen LogP contribution >= 0.6 is 0 Å². The molecule has 1 aromatic carbocycles. The molecule has 120 valence electrons. The summed E-state index contributed by atoms with van der Waals surface area (Å²) >= 11 is 0. The molecule has 0 bridgehead atoms. The van der Waals surface area contributed by atoms with Gasteiger partial charge in [0.25, 0.3) is 0 Å². The van der Waals surface area contributed by atoms with E-state index in [0.717, 1.165) is 30.8 Å². The first-order valence-electron chi connectivity index (χ1n) is 7.49. The highest BCUT2D eigenvalue weighted by atomic mass is 16.5. The molecular formula is C16H22N2O4. The Morgan fingerprint density at radius 2 is 2.14 bits per heavy atom. The minimum Gasteiger partial charge on any atom is -0.497 e. The van der Waals surface area contributed by atoms with Crippen molar-refractivity contribution >= 4 is 11.8 Å². The number of amides is 2. The highest BCUT2D eigenvalue weighted by Crippen LogP contribution is 2.12. The van der Waals surface area contributed by atoms with Crippen molar-refractivity contribution in [2.45, 2.75) is 25.4 Å². The molecule has 1 aromatic rings. The average molecular weight is 306 g/mol. The lowest BCUT2D eigenvalue weighted by atomic mass is 10.1. The third-order valence-electron chi connectivity index (χ3n) is 3.55. The van der Waals surface area contributed by atoms with E-state index in [2.05, 4.69) is 10.6 Å². The van der Waals surface area contributed by atoms with Crippen molar-refractivity contribution in [2.24, 2.45) is 0 Å². The molecule has 1 aliphatic heterocycles. The zero-order chi connectivity index (χ0) is 15.8. The molecule has 1 aliphatic rings. The van der Waals surface area contributed by atoms with Crippen molar-refractivity contribution in [3.63, 3.8) is 0 Å². The fourth-order valence-corrected chi connectivity index (χ4v) is 2.32. The molecule has 0 aromatic heterocycles. The molecule has 6 heteroatoms. The molecule has 0 aliphatic carbocycles. The molecule has 2 N–H and O–H groups in total. The van der Waals surface area contributed by atoms with E-state index in [1.165, 1.54) is 0 Å². The predicted molar refractivity (Wildman–Crippen MR) is 81.7 cm³/mol. The molecule has 2 amide bonds. The second kappa shape index (κ2) is 8.38. The van der Waals surface area contributed by atoms with Crippen LogP contribution in [-0.2, 0) is 20.7 Å². The van der Waals surface area contributed by atoms with Gasteiger partial charge in [-0.1, -0.05) is 12.1 Å². The first-order valence-corrected chi connectivity index (χ1v) is 7.49. The van der Waals surface area contributed by atoms with E-state index < -0.39 is 11.8 Å². The summed E-state index contributed by atoms with van der Waals surface area (Å²) in [5.74, 6) is -0.444. The van der Waals surface area contributed by atoms with Gasteiger partial charge in [-0.15, -0.1) is 0 Å². The largest absolute Gasteiger partial charge is 0.497 e. The Morgan fingerprint density at radius 1 is 1.32 bits per heavy atom. The Kier molecular flexibility index (Phi) is 6.21. The van der Waals surface area contributed by atoms with Crippen molar-refractivity contribution in [1.82, 2.24) is 10.6 Å². The maximum absolute atomic E-state index is 11.7. The summed E-state index contributed by atoms with van der Waals surface area (Å²) < 4.78 is 10.5. The van der Waals surface area contributed by atoms with Gasteiger partial charge < -0.3 is 20.1 Å². The van der Waals surface area contributed by atoms with Crippen LogP contribution in [0.3, 0.4) is 0 Å². The Bertz CT molecular complexity index is 513. The minimum atomic E-state index is -0.610. The van der Waals surface area contributed by atoms with E-state index in [9.17, 15) is 9.59 Å². The maximum atomic E-state index is 11.7. The summed E-state index contributed by atoms with van der Waals surface area (Å²) in [4.78, 5) is 23.3. The Balaban J connectivity index is 1.66. The summed E-state index contributed by atoms with van der Waals surface area (Å²) in [6, 6.07) is 7.61. The molecule has 1 unspecified atom stereocenters. The van der Waals surface area contributed by atoms with Crippen LogP contribution in [0.15, 0.2) is 24.3 Å². The van der Waals surface area contributed by atoms with Gasteiger partial charge in [0.1, 0.15) is 5.75 Å². The Hall–Kier alpha value is -2.08. The number of hydrogen-bond acceptors (Lipinski definition) is 4. The van der Waals surface area contributed by atoms with E-state index >= 15 is 0 Å². The fraction of sp³-hybridized carbons (Fsp3) is 0.500. The molecule has 1 saturated heterocycles. The number of nitrogens with one attached hydrogen (secondary N) is 2. The van der Waals surface area contributed by atoms with E-state index in [0.29, 0.717) is 19.5 Å². The van der Waals surface area contributed by atoms with Gasteiger partial charge in [0.05, 0.1) is 13.2 Å². The molecule has 1 heterocycles. The number of methoxy groups -OCH3 is 1. The number of benzene rings is 1. The summed E-state index contributed by atoms with van der Waals surface area (Å²) in [5.41, 5.74) is 1.04. The lowest BCUT2D eigenvalue weighted by molar-refractivity contribution is -0.139. The lowest BCUT2D eigenvalue weighted by Crippen LogP contribution is -2.43. The number of carbonyl (C=O) groups excluding carboxylic acids is 2. The van der Waals surface area contributed by atoms with Gasteiger partial charge in [0, 0.05) is 19.7 Å². The van der Waals surface area contributed by atoms with Crippen LogP contribution in [0, 0.1) is 0 Å². The van der Waals surface area contributed by atoms with E-state index in [4.69, 9.17) is 9.47 Å². The van der Waals surface area contributed by atoms with Crippen LogP contribution in [0.2, 0.25) is 0 Å². The fourth-order valence-electron chi connectivity index (χ4n) is 2.32. The molecule has 1 atom stereocenters. The summed E-state index contributed by atoms with van der Waals surface area (Å²) in [7, 11) is 1.61. The van der Waals surface area contributed by atoms with Crippen LogP contribution in [0.1, 0.15) is 18.4 Å². The topological polar surface area (TPSA) is 76.7 Å². The normalized spacial score (nSPS) is 17.0. The number of rotatable bonds is 6. The van der Waals surface area contributed by atoms with Crippen LogP contribution in [0.25, 0.3) is 0 Å². The second-order valence-corrected chi connectivity index (χ2v) is 5.20. The van der Waals surface area contributed by atoms with Gasteiger partial charge in [-0.05, 0) is 37.0 Å². The molecule has 1 fully saturated rings. The quantitative estimate of drug-likeness (QED) is 0.757. The number of carbonyl (C=O) groups is 2. The number of ether oxygens (including phenoxy) is 2. The van der Waals surface area contributed by atoms with Gasteiger partial charge in [0.2, 0.25) is 0 Å². The molecular weight excluding hydrogens is 284 g/mol. The maximum Gasteiger partial charge on any atom is 0.309 e. The van der Waals surface area contributed by atoms with E-state index in [1.54, 1.807) is 7.11 Å². The summed E-state index contributed by atoms with van der Waals surface area (Å²) in [6.07, 6.45) is 2.61. The summed E-state index contributed by atoms with van der Waals surface area (Å²) in [5, 5.41) is 5.21. The monoisotopic (exact) mass is 306 g/mol. The lowest BCUT2D eigenvalue weighted by Gasteiger charge is -2.11. The van der Waals surface area contributed by atoms with Crippen LogP contribution in [0.4, 0.5) is 0 Å². The molecule has 0 saturated carbocycles. The van der Waals surface area contributed by atoms with E-state index in [1.807, 2.05) is 24.3 Å². The van der Waals surface area contributed by atoms with Gasteiger partial charge >= 0.3 is 11.8 Å². The third kappa shape index (κ3) is 5.04. The SMILES string of the molecule is COc1cccc(CCNC(=O)C(=O)NCC2CCCO2)c1. The van der Waals surface area contributed by atoms with Crippen molar-refractivity contribution < 1.29 is 19.1 Å². The molecule has 0 spiro atoms. The predicted octanol–water partition coefficient (Wildman–Crippen LogP) is 0.649. The van der Waals surface area contributed by atoms with Crippen molar-refractivity contribution in [3.8, 4) is 5.75 Å². The van der Waals surface area contributed by atoms with Crippen molar-refractivity contribution in [2.75, 3.05) is 26.8 Å². The Labute approximate surface area is 130 Å². The minimum absolute atomic E-state index is 0.0357. The van der Waals surface area contributed by atoms with Gasteiger partial charge in [-0.3, -0.25) is 9.59 Å². The zero-order valence-corrected chi connectivity index (χ0v) is 12.8. The van der Waals surface area contributed by atoms with Gasteiger partial charge in [-0.2, -0.15) is 0 Å². The van der Waals surface area contributed by atoms with Gasteiger partial charge in [-0.25, -0.2) is 0 Å². The van der Waals surface area contributed by atoms with Crippen LogP contribution in [0.5, 0.6) is 5.75 Å². The first-order chi connectivity index (χ1) is 10.7. The van der Waals surface area contributed by atoms with Crippen molar-refractivity contribution in [1.29, 1.82) is 0 Å². The van der Waals surface area contributed by atoms with Crippen LogP contribution < -0.4 is 15.4 Å². The highest BCUT2D eigenvalue weighted by Gasteiger charge is 2.18. The smallest absolute Gasteiger partial charge is 0.309 e. The standard InChI is InChI=1S/C16H22N2O4/c1-21-13-5-2-4-12(10-13)7-8-17-15(19)16(20)18-11-14-6-3-9-22-14/h2,4-5,10,14H,3,6-9,11H2,1H3,(H,17,19)(H,18,20). The number of hydrogen-bond donors (Lipinski definition) is 2. The summed E-state index contributed by atoms with van der Waals surface area (Å²) in [6.45, 7) is 1.52. The second-order valence-electron chi connectivity index (χ2n) is 5.20. The molecule has 6 nitrogen and oxygen atoms in total. The Morgan fingerprint density at radius 3 is 2.86 bits per heavy atom.